The fraction of sp³-hybridized carbons (Fsp3) is 1.00. The Kier molecular flexibility index (Phi) is 7.09. The molecule has 3 nitrogen and oxygen atoms in total. The minimum atomic E-state index is 0.865. The van der Waals surface area contributed by atoms with Crippen molar-refractivity contribution in [3.63, 3.8) is 0 Å². The Morgan fingerprint density at radius 2 is 1.94 bits per heavy atom. The van der Waals surface area contributed by atoms with Gasteiger partial charge in [0.15, 0.2) is 0 Å². The molecule has 0 saturated carbocycles. The third-order valence-corrected chi connectivity index (χ3v) is 4.03. The highest BCUT2D eigenvalue weighted by Crippen LogP contribution is 2.22. The number of nitrogens with one attached hydrogen (secondary N) is 1. The molecule has 0 aromatic carbocycles. The standard InChI is InChI=1S/C14H31N3/c1-13(14-6-5-8-15-12-14)7-9-17(4)11-10-16(2)3/h13-15H,5-12H2,1-4H3. The molecule has 1 heterocycles. The molecule has 2 atom stereocenters. The van der Waals surface area contributed by atoms with Gasteiger partial charge >= 0.3 is 0 Å². The normalized spacial score (nSPS) is 23.3. The van der Waals surface area contributed by atoms with Crippen molar-refractivity contribution in [2.75, 3.05) is 53.9 Å². The molecule has 0 aromatic rings. The average molecular weight is 241 g/mol. The second kappa shape index (κ2) is 8.06. The number of nitrogens with zero attached hydrogens (tertiary/aromatic N) is 2. The zero-order chi connectivity index (χ0) is 12.7. The summed E-state index contributed by atoms with van der Waals surface area (Å²) in [6.07, 6.45) is 4.14. The van der Waals surface area contributed by atoms with Crippen molar-refractivity contribution in [1.29, 1.82) is 0 Å². The summed E-state index contributed by atoms with van der Waals surface area (Å²) in [5.74, 6) is 1.77. The van der Waals surface area contributed by atoms with Crippen LogP contribution in [0.5, 0.6) is 0 Å². The lowest BCUT2D eigenvalue weighted by molar-refractivity contribution is 0.222. The molecule has 0 bridgehead atoms. The summed E-state index contributed by atoms with van der Waals surface area (Å²) in [6.45, 7) is 8.48. The van der Waals surface area contributed by atoms with E-state index in [2.05, 4.69) is 43.2 Å². The minimum absolute atomic E-state index is 0.865. The lowest BCUT2D eigenvalue weighted by atomic mass is 9.85. The molecule has 0 radical (unpaired) electrons. The molecule has 17 heavy (non-hydrogen) atoms. The Labute approximate surface area is 108 Å². The van der Waals surface area contributed by atoms with Gasteiger partial charge in [-0.25, -0.2) is 0 Å². The van der Waals surface area contributed by atoms with Gasteiger partial charge in [-0.2, -0.15) is 0 Å². The van der Waals surface area contributed by atoms with E-state index < -0.39 is 0 Å². The summed E-state index contributed by atoms with van der Waals surface area (Å²) in [5, 5.41) is 3.52. The fourth-order valence-corrected chi connectivity index (χ4v) is 2.51. The van der Waals surface area contributed by atoms with Gasteiger partial charge in [-0.05, 0) is 71.9 Å². The molecule has 1 rings (SSSR count). The lowest BCUT2D eigenvalue weighted by Crippen LogP contribution is -2.35. The monoisotopic (exact) mass is 241 g/mol. The van der Waals surface area contributed by atoms with Crippen LogP contribution in [0.25, 0.3) is 0 Å². The smallest absolute Gasteiger partial charge is 0.0106 e. The zero-order valence-electron chi connectivity index (χ0n) is 12.2. The molecular formula is C14H31N3. The van der Waals surface area contributed by atoms with Crippen LogP contribution in [-0.4, -0.2) is 63.7 Å². The fourth-order valence-electron chi connectivity index (χ4n) is 2.51. The Morgan fingerprint density at radius 3 is 2.53 bits per heavy atom. The van der Waals surface area contributed by atoms with Crippen molar-refractivity contribution in [3.8, 4) is 0 Å². The molecule has 0 spiro atoms. The Balaban J connectivity index is 2.11. The van der Waals surface area contributed by atoms with E-state index in [-0.39, 0.29) is 0 Å². The van der Waals surface area contributed by atoms with Gasteiger partial charge in [0, 0.05) is 13.1 Å². The number of hydrogen-bond acceptors (Lipinski definition) is 3. The molecule has 102 valence electrons. The van der Waals surface area contributed by atoms with Crippen LogP contribution in [0.3, 0.4) is 0 Å². The number of piperidine rings is 1. The van der Waals surface area contributed by atoms with Gasteiger partial charge in [0.05, 0.1) is 0 Å². The van der Waals surface area contributed by atoms with Crippen LogP contribution < -0.4 is 5.32 Å². The number of rotatable bonds is 7. The van der Waals surface area contributed by atoms with E-state index in [0.717, 1.165) is 18.4 Å². The summed E-state index contributed by atoms with van der Waals surface area (Å²) in [5.41, 5.74) is 0. The van der Waals surface area contributed by atoms with Gasteiger partial charge in [0.1, 0.15) is 0 Å². The second-order valence-electron chi connectivity index (χ2n) is 5.98. The molecule has 0 amide bonds. The van der Waals surface area contributed by atoms with Gasteiger partial charge in [0.2, 0.25) is 0 Å². The first kappa shape index (κ1) is 14.9. The van der Waals surface area contributed by atoms with Crippen LogP contribution in [0.2, 0.25) is 0 Å². The van der Waals surface area contributed by atoms with E-state index in [4.69, 9.17) is 0 Å². The summed E-state index contributed by atoms with van der Waals surface area (Å²) >= 11 is 0. The maximum Gasteiger partial charge on any atom is 0.0106 e. The average Bonchev–Trinajstić information content (AvgIpc) is 2.34. The van der Waals surface area contributed by atoms with Crippen molar-refractivity contribution < 1.29 is 0 Å². The number of hydrogen-bond donors (Lipinski definition) is 1. The molecule has 1 saturated heterocycles. The predicted octanol–water partition coefficient (Wildman–Crippen LogP) is 1.51. The molecule has 1 aliphatic rings. The molecular weight excluding hydrogens is 210 g/mol. The highest BCUT2D eigenvalue weighted by Gasteiger charge is 2.19. The van der Waals surface area contributed by atoms with E-state index in [1.807, 2.05) is 0 Å². The zero-order valence-corrected chi connectivity index (χ0v) is 12.2. The number of likely N-dealkylation sites (N-methyl/N-ethyl adjacent to an activating group) is 2. The minimum Gasteiger partial charge on any atom is -0.316 e. The van der Waals surface area contributed by atoms with E-state index in [0.29, 0.717) is 0 Å². The molecule has 2 unspecified atom stereocenters. The Hall–Kier alpha value is -0.120. The topological polar surface area (TPSA) is 18.5 Å². The van der Waals surface area contributed by atoms with E-state index in [9.17, 15) is 0 Å². The first-order chi connectivity index (χ1) is 8.09. The lowest BCUT2D eigenvalue weighted by Gasteiger charge is -2.29. The maximum absolute atomic E-state index is 3.52. The highest BCUT2D eigenvalue weighted by molar-refractivity contribution is 4.74. The van der Waals surface area contributed by atoms with Crippen molar-refractivity contribution in [1.82, 2.24) is 15.1 Å². The van der Waals surface area contributed by atoms with Crippen LogP contribution in [0, 0.1) is 11.8 Å². The van der Waals surface area contributed by atoms with Crippen molar-refractivity contribution in [3.05, 3.63) is 0 Å². The van der Waals surface area contributed by atoms with Crippen molar-refractivity contribution in [2.24, 2.45) is 11.8 Å². The summed E-state index contributed by atoms with van der Waals surface area (Å²) in [4.78, 5) is 4.72. The summed E-state index contributed by atoms with van der Waals surface area (Å²) in [6, 6.07) is 0. The molecule has 1 N–H and O–H groups in total. The maximum atomic E-state index is 3.52. The van der Waals surface area contributed by atoms with Crippen LogP contribution in [0.4, 0.5) is 0 Å². The second-order valence-corrected chi connectivity index (χ2v) is 5.98. The van der Waals surface area contributed by atoms with E-state index in [1.54, 1.807) is 0 Å². The van der Waals surface area contributed by atoms with Gasteiger partial charge in [-0.3, -0.25) is 0 Å². The molecule has 1 fully saturated rings. The van der Waals surface area contributed by atoms with Crippen LogP contribution >= 0.6 is 0 Å². The van der Waals surface area contributed by atoms with Gasteiger partial charge in [-0.15, -0.1) is 0 Å². The van der Waals surface area contributed by atoms with Crippen LogP contribution in [-0.2, 0) is 0 Å². The van der Waals surface area contributed by atoms with Crippen molar-refractivity contribution in [2.45, 2.75) is 26.2 Å². The van der Waals surface area contributed by atoms with Crippen molar-refractivity contribution >= 4 is 0 Å². The van der Waals surface area contributed by atoms with E-state index in [1.165, 1.54) is 45.4 Å². The largest absolute Gasteiger partial charge is 0.316 e. The van der Waals surface area contributed by atoms with E-state index >= 15 is 0 Å². The predicted molar refractivity (Wildman–Crippen MR) is 75.4 cm³/mol. The Morgan fingerprint density at radius 1 is 1.18 bits per heavy atom. The third kappa shape index (κ3) is 6.39. The molecule has 0 aliphatic carbocycles. The Bertz CT molecular complexity index is 188. The van der Waals surface area contributed by atoms with Gasteiger partial charge in [0.25, 0.3) is 0 Å². The van der Waals surface area contributed by atoms with Gasteiger partial charge < -0.3 is 15.1 Å². The SMILES string of the molecule is CC(CCN(C)CCN(C)C)C1CCCNC1. The van der Waals surface area contributed by atoms with Crippen LogP contribution in [0.15, 0.2) is 0 Å². The molecule has 0 aromatic heterocycles. The first-order valence-corrected chi connectivity index (χ1v) is 7.13. The summed E-state index contributed by atoms with van der Waals surface area (Å²) < 4.78 is 0. The first-order valence-electron chi connectivity index (χ1n) is 7.13. The summed E-state index contributed by atoms with van der Waals surface area (Å²) in [7, 11) is 6.53. The third-order valence-electron chi connectivity index (χ3n) is 4.03. The quantitative estimate of drug-likeness (QED) is 0.729. The molecule has 1 aliphatic heterocycles. The molecule has 3 heteroatoms. The van der Waals surface area contributed by atoms with Crippen LogP contribution in [0.1, 0.15) is 26.2 Å². The van der Waals surface area contributed by atoms with Gasteiger partial charge in [-0.1, -0.05) is 6.92 Å². The highest BCUT2D eigenvalue weighted by atomic mass is 15.1.